The molecule has 2 amide bonds. The topological polar surface area (TPSA) is 70.7 Å². The largest absolute Gasteiger partial charge is 0.383 e. The summed E-state index contributed by atoms with van der Waals surface area (Å²) in [6, 6.07) is 14.1. The molecule has 5 rings (SSSR count). The zero-order valence-electron chi connectivity index (χ0n) is 20.7. The Bertz CT molecular complexity index is 1120. The number of fused-ring (bicyclic) bond motifs is 3. The molecule has 2 aromatic carbocycles. The predicted octanol–water partition coefficient (Wildman–Crippen LogP) is 4.56. The minimum Gasteiger partial charge on any atom is -0.383 e. The van der Waals surface area contributed by atoms with Crippen LogP contribution in [0.5, 0.6) is 0 Å². The second kappa shape index (κ2) is 9.81. The van der Waals surface area contributed by atoms with E-state index in [4.69, 9.17) is 4.74 Å². The van der Waals surface area contributed by atoms with E-state index in [9.17, 15) is 18.4 Å². The Balaban J connectivity index is 1.41. The summed E-state index contributed by atoms with van der Waals surface area (Å²) >= 11 is 0. The first-order valence-corrected chi connectivity index (χ1v) is 12.7. The van der Waals surface area contributed by atoms with Crippen molar-refractivity contribution < 1.29 is 23.1 Å². The molecule has 2 fully saturated rings. The molecule has 192 valence electrons. The maximum Gasteiger partial charge on any atom is 0.251 e. The number of nitrogens with zero attached hydrogens (tertiary/aromatic N) is 1. The highest BCUT2D eigenvalue weighted by Gasteiger charge is 2.51. The molecule has 0 aromatic heterocycles. The van der Waals surface area contributed by atoms with Gasteiger partial charge in [-0.3, -0.25) is 9.59 Å². The van der Waals surface area contributed by atoms with E-state index in [1.807, 2.05) is 43.3 Å². The minimum atomic E-state index is -2.94. The van der Waals surface area contributed by atoms with Crippen molar-refractivity contribution in [3.8, 4) is 0 Å². The number of methoxy groups -OCH3 is 1. The number of hydrogen-bond donors (Lipinski definition) is 2. The van der Waals surface area contributed by atoms with Crippen LogP contribution in [0.25, 0.3) is 0 Å². The Kier molecular flexibility index (Phi) is 6.72. The highest BCUT2D eigenvalue weighted by Crippen LogP contribution is 2.48. The predicted molar refractivity (Wildman–Crippen MR) is 133 cm³/mol. The molecule has 0 unspecified atom stereocenters. The number of likely N-dealkylation sites (tertiary alicyclic amines) is 1. The van der Waals surface area contributed by atoms with Crippen LogP contribution in [-0.2, 0) is 9.53 Å². The molecule has 0 bridgehead atoms. The van der Waals surface area contributed by atoms with E-state index in [-0.39, 0.29) is 42.7 Å². The number of para-hydroxylation sites is 1. The number of benzene rings is 2. The van der Waals surface area contributed by atoms with Gasteiger partial charge in [-0.2, -0.15) is 0 Å². The lowest BCUT2D eigenvalue weighted by Gasteiger charge is -2.42. The van der Waals surface area contributed by atoms with Gasteiger partial charge in [0, 0.05) is 49.7 Å². The average Bonchev–Trinajstić information content (AvgIpc) is 3.31. The van der Waals surface area contributed by atoms with Crippen LogP contribution in [0.15, 0.2) is 48.5 Å². The Hall–Kier alpha value is -3.00. The third-order valence-electron chi connectivity index (χ3n) is 7.98. The number of halogens is 2. The second-order valence-corrected chi connectivity index (χ2v) is 10.4. The van der Waals surface area contributed by atoms with Crippen LogP contribution in [-0.4, -0.2) is 55.0 Å². The fourth-order valence-corrected chi connectivity index (χ4v) is 6.16. The van der Waals surface area contributed by atoms with Crippen molar-refractivity contribution in [3.63, 3.8) is 0 Å². The number of nitrogens with one attached hydrogen (secondary N) is 2. The maximum absolute atomic E-state index is 14.6. The summed E-state index contributed by atoms with van der Waals surface area (Å²) in [5, 5.41) is 6.45. The maximum atomic E-state index is 14.6. The van der Waals surface area contributed by atoms with E-state index in [1.54, 1.807) is 24.1 Å². The summed E-state index contributed by atoms with van der Waals surface area (Å²) in [6.07, 6.45) is -0.0764. The first-order chi connectivity index (χ1) is 17.3. The van der Waals surface area contributed by atoms with Crippen LogP contribution in [0.4, 0.5) is 14.5 Å². The molecule has 2 heterocycles. The summed E-state index contributed by atoms with van der Waals surface area (Å²) in [5.41, 5.74) is 3.43. The molecule has 1 aliphatic carbocycles. The van der Waals surface area contributed by atoms with Gasteiger partial charge in [0.1, 0.15) is 0 Å². The smallest absolute Gasteiger partial charge is 0.251 e. The average molecular weight is 498 g/mol. The normalized spacial score (nSPS) is 28.6. The van der Waals surface area contributed by atoms with Crippen LogP contribution in [0.2, 0.25) is 0 Å². The van der Waals surface area contributed by atoms with Crippen molar-refractivity contribution >= 4 is 17.5 Å². The summed E-state index contributed by atoms with van der Waals surface area (Å²) in [4.78, 5) is 28.7. The lowest BCUT2D eigenvalue weighted by atomic mass is 9.79. The van der Waals surface area contributed by atoms with Crippen molar-refractivity contribution in [1.82, 2.24) is 10.2 Å². The lowest BCUT2D eigenvalue weighted by Crippen LogP contribution is -2.53. The quantitative estimate of drug-likeness (QED) is 0.636. The van der Waals surface area contributed by atoms with Gasteiger partial charge in [0.25, 0.3) is 5.91 Å². The molecular weight excluding hydrogens is 464 g/mol. The van der Waals surface area contributed by atoms with E-state index >= 15 is 0 Å². The first-order valence-electron chi connectivity index (χ1n) is 12.7. The van der Waals surface area contributed by atoms with Crippen LogP contribution in [0.1, 0.15) is 53.2 Å². The van der Waals surface area contributed by atoms with E-state index in [2.05, 4.69) is 10.6 Å². The number of hydrogen-bond acceptors (Lipinski definition) is 4. The monoisotopic (exact) mass is 497 g/mol. The number of carbonyl (C=O) groups excluding carboxylic acids is 2. The third kappa shape index (κ3) is 4.71. The number of alkyl halides is 2. The number of amides is 2. The van der Waals surface area contributed by atoms with Crippen molar-refractivity contribution in [3.05, 3.63) is 65.2 Å². The van der Waals surface area contributed by atoms with Gasteiger partial charge in [-0.25, -0.2) is 8.78 Å². The molecule has 36 heavy (non-hydrogen) atoms. The van der Waals surface area contributed by atoms with Crippen molar-refractivity contribution in [2.75, 3.05) is 25.6 Å². The van der Waals surface area contributed by atoms with Crippen molar-refractivity contribution in [2.45, 2.75) is 56.7 Å². The molecule has 6 nitrogen and oxygen atoms in total. The molecule has 8 heteroatoms. The highest BCUT2D eigenvalue weighted by molar-refractivity contribution is 5.95. The van der Waals surface area contributed by atoms with Gasteiger partial charge in [0.2, 0.25) is 11.8 Å². The van der Waals surface area contributed by atoms with Gasteiger partial charge in [-0.05, 0) is 43.5 Å². The second-order valence-electron chi connectivity index (χ2n) is 10.4. The molecule has 1 saturated heterocycles. The Morgan fingerprint density at radius 2 is 1.89 bits per heavy atom. The molecule has 2 aromatic rings. The SMILES string of the molecule is COC[C@@H]1Nc2ccccc2[C@H]2[C@@H]1CCN2C(=O)[C@H]1CC(F)(F)CC[C@H]1NC(=O)c1ccc(C)cc1. The molecule has 5 atom stereocenters. The zero-order chi connectivity index (χ0) is 25.4. The van der Waals surface area contributed by atoms with Crippen LogP contribution < -0.4 is 10.6 Å². The fourth-order valence-electron chi connectivity index (χ4n) is 6.16. The summed E-state index contributed by atoms with van der Waals surface area (Å²) < 4.78 is 34.7. The zero-order valence-corrected chi connectivity index (χ0v) is 20.7. The Labute approximate surface area is 210 Å². The van der Waals surface area contributed by atoms with E-state index in [1.165, 1.54) is 0 Å². The van der Waals surface area contributed by atoms with Gasteiger partial charge in [-0.1, -0.05) is 35.9 Å². The van der Waals surface area contributed by atoms with Crippen LogP contribution in [0, 0.1) is 18.8 Å². The molecule has 0 radical (unpaired) electrons. The summed E-state index contributed by atoms with van der Waals surface area (Å²) in [7, 11) is 1.65. The molecular formula is C28H33F2N3O3. The molecule has 1 saturated carbocycles. The molecule has 2 aliphatic heterocycles. The summed E-state index contributed by atoms with van der Waals surface area (Å²) in [6.45, 7) is 2.92. The van der Waals surface area contributed by atoms with E-state index < -0.39 is 24.3 Å². The van der Waals surface area contributed by atoms with Crippen LogP contribution >= 0.6 is 0 Å². The lowest BCUT2D eigenvalue weighted by molar-refractivity contribution is -0.146. The number of aryl methyl sites for hydroxylation is 1. The molecule has 3 aliphatic rings. The van der Waals surface area contributed by atoms with Crippen molar-refractivity contribution in [1.29, 1.82) is 0 Å². The van der Waals surface area contributed by atoms with Gasteiger partial charge in [0.05, 0.1) is 24.6 Å². The van der Waals surface area contributed by atoms with Gasteiger partial charge in [0.15, 0.2) is 0 Å². The summed E-state index contributed by atoms with van der Waals surface area (Å²) in [5.74, 6) is -4.44. The van der Waals surface area contributed by atoms with Gasteiger partial charge in [-0.15, -0.1) is 0 Å². The van der Waals surface area contributed by atoms with E-state index in [0.717, 1.165) is 23.2 Å². The Morgan fingerprint density at radius 3 is 2.64 bits per heavy atom. The standard InChI is InChI=1S/C28H33F2N3O3/c1-17-7-9-18(10-8-17)26(34)32-23-11-13-28(29,30)15-21(23)27(35)33-14-12-20-24(16-36-2)31-22-6-4-3-5-19(22)25(20)33/h3-10,20-21,23-25,31H,11-16H2,1-2H3,(H,32,34)/t20-,21+,23-,24+,25+/m1/s1. The van der Waals surface area contributed by atoms with Gasteiger partial charge < -0.3 is 20.3 Å². The van der Waals surface area contributed by atoms with Crippen LogP contribution in [0.3, 0.4) is 0 Å². The van der Waals surface area contributed by atoms with Gasteiger partial charge >= 0.3 is 0 Å². The van der Waals surface area contributed by atoms with E-state index in [0.29, 0.717) is 18.7 Å². The third-order valence-corrected chi connectivity index (χ3v) is 7.98. The molecule has 2 N–H and O–H groups in total. The molecule has 0 spiro atoms. The fraction of sp³-hybridized carbons (Fsp3) is 0.500. The minimum absolute atomic E-state index is 0.0255. The van der Waals surface area contributed by atoms with Crippen molar-refractivity contribution in [2.24, 2.45) is 11.8 Å². The number of ether oxygens (including phenoxy) is 1. The number of rotatable bonds is 5. The Morgan fingerprint density at radius 1 is 1.14 bits per heavy atom. The number of anilines is 1. The number of carbonyl (C=O) groups is 2. The highest BCUT2D eigenvalue weighted by atomic mass is 19.3. The first kappa shape index (κ1) is 24.7.